The van der Waals surface area contributed by atoms with Crippen molar-refractivity contribution < 1.29 is 14.3 Å². The maximum Gasteiger partial charge on any atom is 0.410 e. The van der Waals surface area contributed by atoms with E-state index >= 15 is 0 Å². The summed E-state index contributed by atoms with van der Waals surface area (Å²) in [6.45, 7) is 7.72. The zero-order valence-corrected chi connectivity index (χ0v) is 14.7. The summed E-state index contributed by atoms with van der Waals surface area (Å²) in [6.07, 6.45) is 3.35. The number of alkyl halides is 1. The third kappa shape index (κ3) is 4.59. The Kier molecular flexibility index (Phi) is 5.17. The zero-order valence-electron chi connectivity index (χ0n) is 13.1. The largest absolute Gasteiger partial charge is 0.444 e. The van der Waals surface area contributed by atoms with Crippen molar-refractivity contribution in [3.63, 3.8) is 0 Å². The second-order valence-corrected chi connectivity index (χ2v) is 8.22. The van der Waals surface area contributed by atoms with Crippen molar-refractivity contribution in [3.8, 4) is 0 Å². The highest BCUT2D eigenvalue weighted by Crippen LogP contribution is 2.24. The number of hydrogen-bond donors (Lipinski definition) is 0. The van der Waals surface area contributed by atoms with E-state index in [0.717, 1.165) is 32.4 Å². The molecule has 2 saturated heterocycles. The summed E-state index contributed by atoms with van der Waals surface area (Å²) in [6, 6.07) is 0.0790. The molecule has 0 radical (unpaired) electrons. The number of hydrogen-bond acceptors (Lipinski definition) is 3. The van der Waals surface area contributed by atoms with Gasteiger partial charge >= 0.3 is 6.09 Å². The van der Waals surface area contributed by atoms with Crippen LogP contribution in [0.2, 0.25) is 0 Å². The molecule has 0 saturated carbocycles. The van der Waals surface area contributed by atoms with E-state index in [4.69, 9.17) is 4.74 Å². The molecule has 0 aliphatic carbocycles. The van der Waals surface area contributed by atoms with Crippen LogP contribution in [-0.4, -0.2) is 57.9 Å². The van der Waals surface area contributed by atoms with E-state index in [1.165, 1.54) is 0 Å². The van der Waals surface area contributed by atoms with Crippen LogP contribution in [0.4, 0.5) is 4.79 Å². The quantitative estimate of drug-likeness (QED) is 0.711. The number of halogens is 1. The van der Waals surface area contributed by atoms with Crippen LogP contribution in [-0.2, 0) is 9.53 Å². The summed E-state index contributed by atoms with van der Waals surface area (Å²) in [5.41, 5.74) is -0.483. The third-order valence-corrected chi connectivity index (χ3v) is 4.47. The number of ether oxygens (including phenoxy) is 1. The molecule has 2 amide bonds. The highest BCUT2D eigenvalue weighted by atomic mass is 79.9. The van der Waals surface area contributed by atoms with Crippen LogP contribution < -0.4 is 0 Å². The number of carbonyl (C=O) groups excluding carboxylic acids is 2. The van der Waals surface area contributed by atoms with Crippen molar-refractivity contribution in [1.82, 2.24) is 9.80 Å². The fraction of sp³-hybridized carbons (Fsp3) is 0.867. The average Bonchev–Trinajstić information content (AvgIpc) is 2.66. The molecule has 2 heterocycles. The number of piperidine rings is 1. The molecule has 0 bridgehead atoms. The number of likely N-dealkylation sites (tertiary alicyclic amines) is 2. The Morgan fingerprint density at radius 3 is 2.67 bits per heavy atom. The maximum absolute atomic E-state index is 12.3. The highest BCUT2D eigenvalue weighted by molar-refractivity contribution is 9.09. The van der Waals surface area contributed by atoms with E-state index in [1.807, 2.05) is 30.6 Å². The van der Waals surface area contributed by atoms with Gasteiger partial charge in [0.25, 0.3) is 0 Å². The van der Waals surface area contributed by atoms with Gasteiger partial charge in [-0.1, -0.05) is 15.9 Å². The molecular weight excluding hydrogens is 336 g/mol. The normalized spacial score (nSPS) is 27.1. The van der Waals surface area contributed by atoms with Crippen LogP contribution in [0.5, 0.6) is 0 Å². The minimum atomic E-state index is -0.483. The molecule has 2 aliphatic heterocycles. The van der Waals surface area contributed by atoms with Crippen LogP contribution in [0.15, 0.2) is 0 Å². The molecule has 2 atom stereocenters. The van der Waals surface area contributed by atoms with E-state index in [2.05, 4.69) is 15.9 Å². The minimum absolute atomic E-state index is 0.0790. The van der Waals surface area contributed by atoms with Gasteiger partial charge in [-0.2, -0.15) is 0 Å². The predicted octanol–water partition coefficient (Wildman–Crippen LogP) is 2.77. The van der Waals surface area contributed by atoms with E-state index in [-0.39, 0.29) is 22.9 Å². The molecule has 2 aliphatic rings. The van der Waals surface area contributed by atoms with Crippen molar-refractivity contribution in [2.75, 3.05) is 19.6 Å². The van der Waals surface area contributed by atoms with Gasteiger partial charge in [-0.05, 0) is 40.0 Å². The van der Waals surface area contributed by atoms with Crippen molar-refractivity contribution in [2.24, 2.45) is 0 Å². The summed E-state index contributed by atoms with van der Waals surface area (Å²) < 4.78 is 5.49. The Balaban J connectivity index is 1.98. The molecular formula is C15H25BrN2O3. The number of amides is 2. The van der Waals surface area contributed by atoms with Gasteiger partial charge in [0.2, 0.25) is 5.91 Å². The summed E-state index contributed by atoms with van der Waals surface area (Å²) in [4.78, 5) is 28.2. The molecule has 2 fully saturated rings. The first-order valence-corrected chi connectivity index (χ1v) is 8.59. The maximum atomic E-state index is 12.3. The van der Waals surface area contributed by atoms with Crippen molar-refractivity contribution in [1.29, 1.82) is 0 Å². The fourth-order valence-electron chi connectivity index (χ4n) is 2.91. The van der Waals surface area contributed by atoms with Gasteiger partial charge in [-0.25, -0.2) is 4.79 Å². The SMILES string of the molecule is CC(C)(C)OC(=O)N1CCCCC1CN1CC(Br)CC1=O. The molecule has 5 nitrogen and oxygen atoms in total. The summed E-state index contributed by atoms with van der Waals surface area (Å²) in [7, 11) is 0. The Bertz CT molecular complexity index is 408. The van der Waals surface area contributed by atoms with Crippen LogP contribution in [0, 0.1) is 0 Å². The van der Waals surface area contributed by atoms with Crippen molar-refractivity contribution >= 4 is 27.9 Å². The van der Waals surface area contributed by atoms with Crippen molar-refractivity contribution in [2.45, 2.75) is 62.9 Å². The van der Waals surface area contributed by atoms with Crippen LogP contribution in [0.1, 0.15) is 46.5 Å². The molecule has 0 spiro atoms. The lowest BCUT2D eigenvalue weighted by atomic mass is 10.0. The Morgan fingerprint density at radius 1 is 1.38 bits per heavy atom. The van der Waals surface area contributed by atoms with E-state index in [1.54, 1.807) is 0 Å². The smallest absolute Gasteiger partial charge is 0.410 e. The van der Waals surface area contributed by atoms with Gasteiger partial charge in [-0.15, -0.1) is 0 Å². The Labute approximate surface area is 135 Å². The topological polar surface area (TPSA) is 49.9 Å². The lowest BCUT2D eigenvalue weighted by Crippen LogP contribution is -2.51. The third-order valence-electron chi connectivity index (χ3n) is 3.85. The fourth-order valence-corrected chi connectivity index (χ4v) is 3.53. The molecule has 120 valence electrons. The summed E-state index contributed by atoms with van der Waals surface area (Å²) in [5.74, 6) is 0.173. The first-order chi connectivity index (χ1) is 9.76. The van der Waals surface area contributed by atoms with E-state index in [0.29, 0.717) is 13.0 Å². The van der Waals surface area contributed by atoms with Crippen LogP contribution in [0.25, 0.3) is 0 Å². The van der Waals surface area contributed by atoms with Crippen molar-refractivity contribution in [3.05, 3.63) is 0 Å². The molecule has 2 rings (SSSR count). The second-order valence-electron chi connectivity index (χ2n) is 6.92. The Morgan fingerprint density at radius 2 is 2.10 bits per heavy atom. The second kappa shape index (κ2) is 6.55. The Hall–Kier alpha value is -0.780. The predicted molar refractivity (Wildman–Crippen MR) is 84.5 cm³/mol. The average molecular weight is 361 g/mol. The summed E-state index contributed by atoms with van der Waals surface area (Å²) in [5, 5.41) is 0. The number of nitrogens with zero attached hydrogens (tertiary/aromatic N) is 2. The van der Waals surface area contributed by atoms with E-state index in [9.17, 15) is 9.59 Å². The van der Waals surface area contributed by atoms with Gasteiger partial charge in [0, 0.05) is 30.9 Å². The molecule has 0 aromatic heterocycles. The molecule has 6 heteroatoms. The monoisotopic (exact) mass is 360 g/mol. The van der Waals surface area contributed by atoms with Gasteiger partial charge in [0.1, 0.15) is 5.60 Å². The zero-order chi connectivity index (χ0) is 15.6. The molecule has 0 aromatic carbocycles. The lowest BCUT2D eigenvalue weighted by molar-refractivity contribution is -0.128. The first kappa shape index (κ1) is 16.6. The van der Waals surface area contributed by atoms with E-state index < -0.39 is 5.60 Å². The first-order valence-electron chi connectivity index (χ1n) is 7.68. The van der Waals surface area contributed by atoms with Gasteiger partial charge in [0.15, 0.2) is 0 Å². The molecule has 0 aromatic rings. The van der Waals surface area contributed by atoms with Gasteiger partial charge < -0.3 is 14.5 Å². The summed E-state index contributed by atoms with van der Waals surface area (Å²) >= 11 is 3.50. The lowest BCUT2D eigenvalue weighted by Gasteiger charge is -2.38. The molecule has 0 N–H and O–H groups in total. The van der Waals surface area contributed by atoms with Gasteiger partial charge in [0.05, 0.1) is 6.04 Å². The molecule has 2 unspecified atom stereocenters. The standard InChI is InChI=1S/C15H25BrN2O3/c1-15(2,3)21-14(20)18-7-5-4-6-12(18)10-17-9-11(16)8-13(17)19/h11-12H,4-10H2,1-3H3. The minimum Gasteiger partial charge on any atom is -0.444 e. The van der Waals surface area contributed by atoms with Crippen LogP contribution in [0.3, 0.4) is 0 Å². The van der Waals surface area contributed by atoms with Crippen LogP contribution >= 0.6 is 15.9 Å². The molecule has 21 heavy (non-hydrogen) atoms. The number of carbonyl (C=O) groups is 2. The van der Waals surface area contributed by atoms with Gasteiger partial charge in [-0.3, -0.25) is 4.79 Å². The highest BCUT2D eigenvalue weighted by Gasteiger charge is 2.35. The number of rotatable bonds is 2.